The van der Waals surface area contributed by atoms with Crippen LogP contribution in [0.3, 0.4) is 0 Å². The zero-order chi connectivity index (χ0) is 30.5. The molecule has 0 atom stereocenters. The number of benzene rings is 4. The minimum absolute atomic E-state index is 0.0615. The van der Waals surface area contributed by atoms with Gasteiger partial charge in [-0.1, -0.05) is 42.5 Å². The molecule has 0 aliphatic heterocycles. The van der Waals surface area contributed by atoms with Crippen LogP contribution in [0.4, 0.5) is 19.5 Å². The van der Waals surface area contributed by atoms with E-state index in [4.69, 9.17) is 11.6 Å². The van der Waals surface area contributed by atoms with Crippen molar-refractivity contribution in [2.45, 2.75) is 18.7 Å². The van der Waals surface area contributed by atoms with Gasteiger partial charge in [0.1, 0.15) is 16.6 Å². The van der Waals surface area contributed by atoms with Crippen molar-refractivity contribution in [1.82, 2.24) is 0 Å². The van der Waals surface area contributed by atoms with E-state index in [0.717, 1.165) is 28.0 Å². The Morgan fingerprint density at radius 3 is 2.21 bits per heavy atom. The standard InChI is InChI=1S/C33H25ClF2N2O4S/c1-42-33(41)21-12-9-19(10-13-21)11-14-24-26(35)16-23(17-27(24)36)37-31(40)29-25-7-2-3-8-28(25)43-32(29)38-30(39)22-6-4-5-20(15-22)18-34/h2-10,12-13,15-17H,11,14,18H2,1H3,(H,37,40)(H,38,39). The number of carbonyl (C=O) groups is 3. The Hall–Kier alpha value is -4.60. The van der Waals surface area contributed by atoms with E-state index < -0.39 is 29.4 Å². The number of esters is 1. The van der Waals surface area contributed by atoms with Crippen molar-refractivity contribution in [2.75, 3.05) is 17.7 Å². The summed E-state index contributed by atoms with van der Waals surface area (Å²) in [6, 6.07) is 22.7. The molecule has 43 heavy (non-hydrogen) atoms. The van der Waals surface area contributed by atoms with Gasteiger partial charge in [0.25, 0.3) is 11.8 Å². The highest BCUT2D eigenvalue weighted by molar-refractivity contribution is 7.23. The minimum atomic E-state index is -0.802. The van der Waals surface area contributed by atoms with E-state index in [9.17, 15) is 14.4 Å². The van der Waals surface area contributed by atoms with Gasteiger partial charge in [0.15, 0.2) is 0 Å². The SMILES string of the molecule is COC(=O)c1ccc(CCc2c(F)cc(NC(=O)c3c(NC(=O)c4cccc(CCl)c4)sc4ccccc34)cc2F)cc1. The third-order valence-electron chi connectivity index (χ3n) is 6.83. The van der Waals surface area contributed by atoms with E-state index in [2.05, 4.69) is 15.4 Å². The molecule has 0 bridgehead atoms. The Morgan fingerprint density at radius 1 is 0.791 bits per heavy atom. The lowest BCUT2D eigenvalue weighted by molar-refractivity contribution is 0.0600. The summed E-state index contributed by atoms with van der Waals surface area (Å²) >= 11 is 7.13. The molecule has 5 rings (SSSR count). The zero-order valence-corrected chi connectivity index (χ0v) is 24.5. The van der Waals surface area contributed by atoms with E-state index in [1.165, 1.54) is 18.4 Å². The number of nitrogens with one attached hydrogen (secondary N) is 2. The largest absolute Gasteiger partial charge is 0.465 e. The van der Waals surface area contributed by atoms with E-state index in [0.29, 0.717) is 27.9 Å². The van der Waals surface area contributed by atoms with Crippen LogP contribution in [0.25, 0.3) is 10.1 Å². The Morgan fingerprint density at radius 2 is 1.51 bits per heavy atom. The van der Waals surface area contributed by atoms with Crippen LogP contribution in [-0.2, 0) is 23.5 Å². The maximum absolute atomic E-state index is 15.1. The normalized spacial score (nSPS) is 10.9. The summed E-state index contributed by atoms with van der Waals surface area (Å²) in [6.07, 6.45) is 0.401. The lowest BCUT2D eigenvalue weighted by Gasteiger charge is -2.11. The minimum Gasteiger partial charge on any atom is -0.465 e. The Kier molecular flexibility index (Phi) is 9.13. The number of hydrogen-bond donors (Lipinski definition) is 2. The maximum atomic E-state index is 15.1. The van der Waals surface area contributed by atoms with Crippen molar-refractivity contribution < 1.29 is 27.9 Å². The predicted octanol–water partition coefficient (Wildman–Crippen LogP) is 7.99. The van der Waals surface area contributed by atoms with Crippen molar-refractivity contribution >= 4 is 61.5 Å². The average molecular weight is 619 g/mol. The molecule has 0 unspecified atom stereocenters. The molecule has 2 amide bonds. The Balaban J connectivity index is 1.35. The van der Waals surface area contributed by atoms with E-state index in [1.54, 1.807) is 60.7 Å². The van der Waals surface area contributed by atoms with Gasteiger partial charge in [-0.2, -0.15) is 0 Å². The lowest BCUT2D eigenvalue weighted by Crippen LogP contribution is -2.17. The van der Waals surface area contributed by atoms with Crippen molar-refractivity contribution in [2.24, 2.45) is 0 Å². The van der Waals surface area contributed by atoms with Crippen molar-refractivity contribution in [3.63, 3.8) is 0 Å². The van der Waals surface area contributed by atoms with E-state index >= 15 is 8.78 Å². The number of rotatable bonds is 9. The molecule has 1 aromatic heterocycles. The quantitative estimate of drug-likeness (QED) is 0.130. The van der Waals surface area contributed by atoms with Gasteiger partial charge in [-0.25, -0.2) is 13.6 Å². The first-order valence-electron chi connectivity index (χ1n) is 13.2. The molecule has 5 aromatic rings. The summed E-state index contributed by atoms with van der Waals surface area (Å²) in [4.78, 5) is 38.2. The Bertz CT molecular complexity index is 1820. The second kappa shape index (κ2) is 13.1. The molecule has 0 radical (unpaired) electrons. The van der Waals surface area contributed by atoms with Gasteiger partial charge in [0.2, 0.25) is 0 Å². The molecular weight excluding hydrogens is 594 g/mol. The van der Waals surface area contributed by atoms with Crippen LogP contribution < -0.4 is 10.6 Å². The predicted molar refractivity (Wildman–Crippen MR) is 165 cm³/mol. The van der Waals surface area contributed by atoms with Gasteiger partial charge in [0, 0.05) is 32.8 Å². The fourth-order valence-electron chi connectivity index (χ4n) is 4.63. The highest BCUT2D eigenvalue weighted by Gasteiger charge is 2.22. The van der Waals surface area contributed by atoms with Crippen LogP contribution >= 0.6 is 22.9 Å². The van der Waals surface area contributed by atoms with Gasteiger partial charge < -0.3 is 15.4 Å². The highest BCUT2D eigenvalue weighted by atomic mass is 35.5. The van der Waals surface area contributed by atoms with Crippen LogP contribution in [0.5, 0.6) is 0 Å². The lowest BCUT2D eigenvalue weighted by atomic mass is 10.0. The van der Waals surface area contributed by atoms with E-state index in [1.807, 2.05) is 12.1 Å². The number of aryl methyl sites for hydroxylation is 1. The van der Waals surface area contributed by atoms with Crippen molar-refractivity contribution in [3.05, 3.63) is 130 Å². The summed E-state index contributed by atoms with van der Waals surface area (Å²) in [6.45, 7) is 0. The summed E-state index contributed by atoms with van der Waals surface area (Å²) < 4.78 is 35.6. The molecule has 4 aromatic carbocycles. The topological polar surface area (TPSA) is 84.5 Å². The molecule has 218 valence electrons. The molecule has 0 aliphatic carbocycles. The third-order valence-corrected chi connectivity index (χ3v) is 8.23. The fourth-order valence-corrected chi connectivity index (χ4v) is 5.89. The number of ether oxygens (including phenoxy) is 1. The zero-order valence-electron chi connectivity index (χ0n) is 22.9. The Labute approximate surface area is 255 Å². The van der Waals surface area contributed by atoms with Gasteiger partial charge in [-0.3, -0.25) is 9.59 Å². The van der Waals surface area contributed by atoms with Crippen molar-refractivity contribution in [1.29, 1.82) is 0 Å². The number of thiophene rings is 1. The summed E-state index contributed by atoms with van der Waals surface area (Å²) in [5.41, 5.74) is 2.32. The molecule has 0 saturated carbocycles. The first-order valence-corrected chi connectivity index (χ1v) is 14.6. The number of fused-ring (bicyclic) bond motifs is 1. The summed E-state index contributed by atoms with van der Waals surface area (Å²) in [5.74, 6) is -2.88. The molecule has 2 N–H and O–H groups in total. The van der Waals surface area contributed by atoms with Crippen LogP contribution in [-0.4, -0.2) is 24.9 Å². The smallest absolute Gasteiger partial charge is 0.337 e. The number of alkyl halides is 1. The first-order chi connectivity index (χ1) is 20.8. The highest BCUT2D eigenvalue weighted by Crippen LogP contribution is 2.36. The van der Waals surface area contributed by atoms with Crippen LogP contribution in [0.2, 0.25) is 0 Å². The summed E-state index contributed by atoms with van der Waals surface area (Å²) in [5, 5.41) is 6.29. The monoisotopic (exact) mass is 618 g/mol. The summed E-state index contributed by atoms with van der Waals surface area (Å²) in [7, 11) is 1.29. The molecule has 0 spiro atoms. The number of anilines is 2. The van der Waals surface area contributed by atoms with Crippen molar-refractivity contribution in [3.8, 4) is 0 Å². The number of amides is 2. The number of methoxy groups -OCH3 is 1. The third kappa shape index (κ3) is 6.74. The molecule has 1 heterocycles. The number of halogens is 3. The van der Waals surface area contributed by atoms with Crippen LogP contribution in [0.1, 0.15) is 47.8 Å². The first kappa shape index (κ1) is 29.9. The van der Waals surface area contributed by atoms with Crippen LogP contribution in [0.15, 0.2) is 84.9 Å². The molecular formula is C33H25ClF2N2O4S. The number of hydrogen-bond acceptors (Lipinski definition) is 5. The molecule has 6 nitrogen and oxygen atoms in total. The van der Waals surface area contributed by atoms with Gasteiger partial charge >= 0.3 is 5.97 Å². The molecule has 0 aliphatic rings. The maximum Gasteiger partial charge on any atom is 0.337 e. The fraction of sp³-hybridized carbons (Fsp3) is 0.121. The molecule has 0 fully saturated rings. The van der Waals surface area contributed by atoms with Gasteiger partial charge in [-0.05, 0) is 66.4 Å². The molecule has 0 saturated heterocycles. The van der Waals surface area contributed by atoms with Gasteiger partial charge in [0.05, 0.1) is 18.2 Å². The molecule has 10 heteroatoms. The van der Waals surface area contributed by atoms with Gasteiger partial charge in [-0.15, -0.1) is 22.9 Å². The van der Waals surface area contributed by atoms with Crippen LogP contribution in [0, 0.1) is 11.6 Å². The van der Waals surface area contributed by atoms with E-state index in [-0.39, 0.29) is 29.1 Å². The number of carbonyl (C=O) groups excluding carboxylic acids is 3. The average Bonchev–Trinajstić information content (AvgIpc) is 3.38. The second-order valence-electron chi connectivity index (χ2n) is 9.65. The second-order valence-corrected chi connectivity index (χ2v) is 11.0.